The number of piperazine rings is 1. The van der Waals surface area contributed by atoms with Crippen molar-refractivity contribution in [1.82, 2.24) is 18.8 Å². The minimum absolute atomic E-state index is 0.0178. The summed E-state index contributed by atoms with van der Waals surface area (Å²) in [4.78, 5) is 30.6. The predicted molar refractivity (Wildman–Crippen MR) is 185 cm³/mol. The van der Waals surface area contributed by atoms with Crippen molar-refractivity contribution in [3.05, 3.63) is 106 Å². The standard InChI is InChI=1S/C36H36FN5O6S/c1-23-7-10-26(11-8-23)49(45,46)42-16-13-27-29(22-39(2)35(43)34(27)42)28-19-24(36(44)47-3)9-12-31(28)48-32-6-4-5-30(33(32)37)41-20-25(21-41)40-17-14-38-15-18-40/h4-13,16,19,22,25,38H,14-15,17-18,20-21H2,1-3H3. The van der Waals surface area contributed by atoms with E-state index in [0.29, 0.717) is 41.3 Å². The number of hydrogen-bond acceptors (Lipinski definition) is 9. The number of esters is 1. The summed E-state index contributed by atoms with van der Waals surface area (Å²) >= 11 is 0. The lowest BCUT2D eigenvalue weighted by Gasteiger charge is -2.48. The van der Waals surface area contributed by atoms with Gasteiger partial charge in [0.2, 0.25) is 0 Å². The van der Waals surface area contributed by atoms with Crippen LogP contribution in [0.4, 0.5) is 10.1 Å². The third-order valence-corrected chi connectivity index (χ3v) is 11.0. The summed E-state index contributed by atoms with van der Waals surface area (Å²) in [5, 5.41) is 3.66. The van der Waals surface area contributed by atoms with Crippen LogP contribution in [0.2, 0.25) is 0 Å². The van der Waals surface area contributed by atoms with Crippen LogP contribution in [0.5, 0.6) is 11.5 Å². The van der Waals surface area contributed by atoms with Gasteiger partial charge in [-0.3, -0.25) is 9.69 Å². The maximum absolute atomic E-state index is 16.1. The molecule has 2 aliphatic heterocycles. The number of carbonyl (C=O) groups is 1. The first-order chi connectivity index (χ1) is 23.6. The van der Waals surface area contributed by atoms with Crippen LogP contribution in [0.25, 0.3) is 22.0 Å². The van der Waals surface area contributed by atoms with Crippen LogP contribution in [0.3, 0.4) is 0 Å². The number of nitrogens with zero attached hydrogens (tertiary/aromatic N) is 4. The Balaban J connectivity index is 1.30. The zero-order valence-corrected chi connectivity index (χ0v) is 28.2. The zero-order valence-electron chi connectivity index (χ0n) is 27.4. The molecule has 0 bridgehead atoms. The molecule has 254 valence electrons. The van der Waals surface area contributed by atoms with E-state index in [1.807, 2.05) is 11.8 Å². The highest BCUT2D eigenvalue weighted by molar-refractivity contribution is 7.90. The van der Waals surface area contributed by atoms with Gasteiger partial charge in [0.05, 0.1) is 23.3 Å². The van der Waals surface area contributed by atoms with Crippen LogP contribution in [0, 0.1) is 12.7 Å². The average molecular weight is 686 g/mol. The van der Waals surface area contributed by atoms with E-state index in [9.17, 15) is 18.0 Å². The van der Waals surface area contributed by atoms with Crippen molar-refractivity contribution < 1.29 is 27.1 Å². The third kappa shape index (κ3) is 5.87. The number of aryl methyl sites for hydroxylation is 2. The van der Waals surface area contributed by atoms with E-state index in [-0.39, 0.29) is 27.5 Å². The summed E-state index contributed by atoms with van der Waals surface area (Å²) in [5.74, 6) is -0.959. The highest BCUT2D eigenvalue weighted by Gasteiger charge is 2.34. The molecule has 11 nitrogen and oxygen atoms in total. The van der Waals surface area contributed by atoms with E-state index in [0.717, 1.165) is 35.7 Å². The molecule has 1 N–H and O–H groups in total. The van der Waals surface area contributed by atoms with Crippen LogP contribution >= 0.6 is 0 Å². The lowest BCUT2D eigenvalue weighted by atomic mass is 10.00. The molecule has 0 saturated carbocycles. The van der Waals surface area contributed by atoms with Gasteiger partial charge < -0.3 is 24.3 Å². The zero-order chi connectivity index (χ0) is 34.4. The van der Waals surface area contributed by atoms with Gasteiger partial charge in [0.15, 0.2) is 11.6 Å². The van der Waals surface area contributed by atoms with Gasteiger partial charge in [-0.05, 0) is 55.5 Å². The first-order valence-electron chi connectivity index (χ1n) is 16.0. The van der Waals surface area contributed by atoms with Gasteiger partial charge >= 0.3 is 5.97 Å². The Bertz CT molecular complexity index is 2240. The topological polar surface area (TPSA) is 115 Å². The SMILES string of the molecule is COC(=O)c1ccc(Oc2cccc(N3CC(N4CCNCC4)C3)c2F)c(-c2cn(C)c(=O)c3c2ccn3S(=O)(=O)c2ccc(C)cc2)c1. The Morgan fingerprint density at radius 1 is 0.959 bits per heavy atom. The van der Waals surface area contributed by atoms with Gasteiger partial charge in [0, 0.05) is 81.3 Å². The number of ether oxygens (including phenoxy) is 2. The Labute approximate surface area is 283 Å². The van der Waals surface area contributed by atoms with Crippen LogP contribution in [0.15, 0.2) is 88.8 Å². The van der Waals surface area contributed by atoms with Crippen molar-refractivity contribution >= 4 is 32.6 Å². The Hall–Kier alpha value is -4.98. The maximum atomic E-state index is 16.1. The summed E-state index contributed by atoms with van der Waals surface area (Å²) in [7, 11) is -1.38. The number of pyridine rings is 1. The van der Waals surface area contributed by atoms with Crippen LogP contribution in [-0.2, 0) is 21.8 Å². The first kappa shape index (κ1) is 32.6. The molecular formula is C36H36FN5O6S. The quantitative estimate of drug-likeness (QED) is 0.238. The lowest BCUT2D eigenvalue weighted by molar-refractivity contribution is 0.0600. The molecule has 5 aromatic rings. The van der Waals surface area contributed by atoms with Gasteiger partial charge in [0.1, 0.15) is 11.3 Å². The Morgan fingerprint density at radius 3 is 2.41 bits per heavy atom. The second-order valence-electron chi connectivity index (χ2n) is 12.4. The van der Waals surface area contributed by atoms with E-state index in [4.69, 9.17) is 9.47 Å². The molecule has 13 heteroatoms. The van der Waals surface area contributed by atoms with Crippen molar-refractivity contribution in [2.24, 2.45) is 7.05 Å². The Kier molecular flexibility index (Phi) is 8.51. The number of benzene rings is 3. The molecule has 0 aliphatic carbocycles. The van der Waals surface area contributed by atoms with Gasteiger partial charge in [0.25, 0.3) is 15.6 Å². The van der Waals surface area contributed by atoms with Gasteiger partial charge in [-0.1, -0.05) is 23.8 Å². The number of carbonyl (C=O) groups excluding carboxylic acids is 1. The van der Waals surface area contributed by atoms with Crippen molar-refractivity contribution in [1.29, 1.82) is 0 Å². The summed E-state index contributed by atoms with van der Waals surface area (Å²) in [6.45, 7) is 7.08. The number of aromatic nitrogens is 2. The lowest BCUT2D eigenvalue weighted by Crippen LogP contribution is -2.63. The average Bonchev–Trinajstić information content (AvgIpc) is 3.55. The Morgan fingerprint density at radius 2 is 1.69 bits per heavy atom. The molecule has 0 radical (unpaired) electrons. The fourth-order valence-corrected chi connectivity index (χ4v) is 7.86. The molecule has 2 aliphatic rings. The van der Waals surface area contributed by atoms with Crippen LogP contribution in [-0.4, -0.2) is 80.2 Å². The summed E-state index contributed by atoms with van der Waals surface area (Å²) < 4.78 is 57.1. The highest BCUT2D eigenvalue weighted by Crippen LogP contribution is 2.40. The molecule has 7 rings (SSSR count). The monoisotopic (exact) mass is 685 g/mol. The molecule has 2 aromatic heterocycles. The summed E-state index contributed by atoms with van der Waals surface area (Å²) in [5.41, 5.74) is 1.61. The molecular weight excluding hydrogens is 649 g/mol. The van der Waals surface area contributed by atoms with E-state index < -0.39 is 27.4 Å². The number of nitrogens with one attached hydrogen (secondary N) is 1. The number of rotatable bonds is 8. The smallest absolute Gasteiger partial charge is 0.337 e. The van der Waals surface area contributed by atoms with E-state index in [1.165, 1.54) is 67.4 Å². The van der Waals surface area contributed by atoms with Crippen molar-refractivity contribution in [2.45, 2.75) is 17.9 Å². The van der Waals surface area contributed by atoms with Crippen LogP contribution in [0.1, 0.15) is 15.9 Å². The largest absolute Gasteiger partial charge is 0.465 e. The van der Waals surface area contributed by atoms with E-state index in [2.05, 4.69) is 10.2 Å². The number of methoxy groups -OCH3 is 1. The number of fused-ring (bicyclic) bond motifs is 1. The fraction of sp³-hybridized carbons (Fsp3) is 0.278. The summed E-state index contributed by atoms with van der Waals surface area (Å²) in [6, 6.07) is 17.8. The molecule has 0 amide bonds. The fourth-order valence-electron chi connectivity index (χ4n) is 6.51. The molecule has 0 atom stereocenters. The molecule has 3 aromatic carbocycles. The predicted octanol–water partition coefficient (Wildman–Crippen LogP) is 4.36. The molecule has 0 spiro atoms. The minimum Gasteiger partial charge on any atom is -0.465 e. The van der Waals surface area contributed by atoms with Gasteiger partial charge in [-0.2, -0.15) is 0 Å². The molecule has 2 saturated heterocycles. The second kappa shape index (κ2) is 12.8. The van der Waals surface area contributed by atoms with E-state index >= 15 is 4.39 Å². The molecule has 49 heavy (non-hydrogen) atoms. The van der Waals surface area contributed by atoms with E-state index in [1.54, 1.807) is 30.5 Å². The van der Waals surface area contributed by atoms with Crippen molar-refractivity contribution in [2.75, 3.05) is 51.3 Å². The van der Waals surface area contributed by atoms with Gasteiger partial charge in [-0.15, -0.1) is 0 Å². The third-order valence-electron chi connectivity index (χ3n) is 9.29. The second-order valence-corrected chi connectivity index (χ2v) is 14.2. The van der Waals surface area contributed by atoms with Crippen molar-refractivity contribution in [3.63, 3.8) is 0 Å². The normalized spacial score (nSPS) is 15.7. The number of halogens is 1. The summed E-state index contributed by atoms with van der Waals surface area (Å²) in [6.07, 6.45) is 2.87. The van der Waals surface area contributed by atoms with Gasteiger partial charge in [-0.25, -0.2) is 21.6 Å². The van der Waals surface area contributed by atoms with Crippen molar-refractivity contribution in [3.8, 4) is 22.6 Å². The minimum atomic E-state index is -4.15. The maximum Gasteiger partial charge on any atom is 0.337 e. The molecule has 0 unspecified atom stereocenters. The molecule has 2 fully saturated rings. The highest BCUT2D eigenvalue weighted by atomic mass is 32.2. The molecule has 4 heterocycles. The first-order valence-corrected chi connectivity index (χ1v) is 17.4. The van der Waals surface area contributed by atoms with Crippen LogP contribution < -0.4 is 20.5 Å². The number of hydrogen-bond donors (Lipinski definition) is 1. The number of anilines is 1.